The van der Waals surface area contributed by atoms with Crippen LogP contribution < -0.4 is 16.6 Å². The van der Waals surface area contributed by atoms with Gasteiger partial charge in [-0.3, -0.25) is 20.8 Å². The van der Waals surface area contributed by atoms with Gasteiger partial charge in [-0.05, 0) is 18.2 Å². The normalized spacial score (nSPS) is 10.0. The molecule has 0 saturated heterocycles. The van der Waals surface area contributed by atoms with Gasteiger partial charge in [0.25, 0.3) is 11.6 Å². The summed E-state index contributed by atoms with van der Waals surface area (Å²) in [6.07, 6.45) is 1.37. The van der Waals surface area contributed by atoms with Crippen molar-refractivity contribution in [1.29, 1.82) is 0 Å². The number of amides is 1. The van der Waals surface area contributed by atoms with Crippen LogP contribution in [0.15, 0.2) is 36.5 Å². The lowest BCUT2D eigenvalue weighted by atomic mass is 10.1. The third-order valence-corrected chi connectivity index (χ3v) is 2.81. The van der Waals surface area contributed by atoms with E-state index in [0.29, 0.717) is 5.02 Å². The highest BCUT2D eigenvalue weighted by atomic mass is 35.5. The van der Waals surface area contributed by atoms with E-state index < -0.39 is 10.8 Å². The van der Waals surface area contributed by atoms with Gasteiger partial charge >= 0.3 is 0 Å². The van der Waals surface area contributed by atoms with E-state index in [1.807, 2.05) is 0 Å². The minimum Gasteiger partial charge on any atom is -0.323 e. The molecule has 0 aliphatic rings. The Balaban J connectivity index is 2.30. The topological polar surface area (TPSA) is 123 Å². The maximum Gasteiger partial charge on any atom is 0.270 e. The number of benzene rings is 1. The second kappa shape index (κ2) is 6.16. The number of rotatable bonds is 4. The standard InChI is InChI=1S/C12H10ClN5O3/c13-7-1-4-11(15-6-7)16-12(19)9-5-8(18(20)21)2-3-10(9)17-14/h1-6,17H,14H2,(H,15,16,19). The number of hydrazine groups is 1. The van der Waals surface area contributed by atoms with Crippen LogP contribution in [0.2, 0.25) is 5.02 Å². The number of non-ortho nitro benzene ring substituents is 1. The average molecular weight is 308 g/mol. The van der Waals surface area contributed by atoms with Crippen molar-refractivity contribution in [3.63, 3.8) is 0 Å². The highest BCUT2D eigenvalue weighted by Crippen LogP contribution is 2.22. The van der Waals surface area contributed by atoms with Gasteiger partial charge in [0.1, 0.15) is 5.82 Å². The number of carbonyl (C=O) groups excluding carboxylic acids is 1. The summed E-state index contributed by atoms with van der Waals surface area (Å²) in [4.78, 5) is 26.2. The van der Waals surface area contributed by atoms with E-state index in [-0.39, 0.29) is 22.8 Å². The Labute approximate surface area is 124 Å². The van der Waals surface area contributed by atoms with Crippen molar-refractivity contribution in [2.75, 3.05) is 10.7 Å². The summed E-state index contributed by atoms with van der Waals surface area (Å²) >= 11 is 5.69. The van der Waals surface area contributed by atoms with Crippen molar-refractivity contribution in [2.45, 2.75) is 0 Å². The molecule has 0 fully saturated rings. The first-order chi connectivity index (χ1) is 10.0. The molecular weight excluding hydrogens is 298 g/mol. The van der Waals surface area contributed by atoms with Gasteiger partial charge in [0.2, 0.25) is 0 Å². The quantitative estimate of drug-likeness (QED) is 0.452. The van der Waals surface area contributed by atoms with Crippen molar-refractivity contribution in [3.05, 3.63) is 57.2 Å². The van der Waals surface area contributed by atoms with E-state index in [4.69, 9.17) is 17.4 Å². The van der Waals surface area contributed by atoms with Crippen LogP contribution in [0, 0.1) is 10.1 Å². The summed E-state index contributed by atoms with van der Waals surface area (Å²) < 4.78 is 0. The highest BCUT2D eigenvalue weighted by Gasteiger charge is 2.16. The van der Waals surface area contributed by atoms with Gasteiger partial charge in [0, 0.05) is 18.3 Å². The van der Waals surface area contributed by atoms with Crippen LogP contribution in [-0.4, -0.2) is 15.8 Å². The number of aromatic nitrogens is 1. The van der Waals surface area contributed by atoms with E-state index in [1.165, 1.54) is 24.4 Å². The number of nitrogens with zero attached hydrogens (tertiary/aromatic N) is 2. The predicted molar refractivity (Wildman–Crippen MR) is 78.1 cm³/mol. The SMILES string of the molecule is NNc1ccc([N+](=O)[O-])cc1C(=O)Nc1ccc(Cl)cn1. The smallest absolute Gasteiger partial charge is 0.270 e. The Morgan fingerprint density at radius 3 is 2.67 bits per heavy atom. The molecule has 9 heteroatoms. The van der Waals surface area contributed by atoms with Crippen LogP contribution in [0.5, 0.6) is 0 Å². The van der Waals surface area contributed by atoms with Gasteiger partial charge in [-0.25, -0.2) is 4.98 Å². The van der Waals surface area contributed by atoms with E-state index in [9.17, 15) is 14.9 Å². The van der Waals surface area contributed by atoms with Crippen molar-refractivity contribution in [2.24, 2.45) is 5.84 Å². The largest absolute Gasteiger partial charge is 0.323 e. The van der Waals surface area contributed by atoms with Crippen LogP contribution in [0.25, 0.3) is 0 Å². The summed E-state index contributed by atoms with van der Waals surface area (Å²) in [7, 11) is 0. The molecule has 0 unspecified atom stereocenters. The number of pyridine rings is 1. The van der Waals surface area contributed by atoms with Crippen molar-refractivity contribution in [3.8, 4) is 0 Å². The van der Waals surface area contributed by atoms with E-state index in [0.717, 1.165) is 6.07 Å². The van der Waals surface area contributed by atoms with Crippen molar-refractivity contribution in [1.82, 2.24) is 4.98 Å². The first-order valence-electron chi connectivity index (χ1n) is 5.69. The number of nitrogen functional groups attached to an aromatic ring is 1. The molecule has 1 aromatic heterocycles. The van der Waals surface area contributed by atoms with Gasteiger partial charge in [0.05, 0.1) is 21.2 Å². The Morgan fingerprint density at radius 2 is 2.10 bits per heavy atom. The highest BCUT2D eigenvalue weighted by molar-refractivity contribution is 6.30. The molecule has 1 heterocycles. The number of nitro benzene ring substituents is 1. The maximum atomic E-state index is 12.2. The predicted octanol–water partition coefficient (Wildman–Crippen LogP) is 2.18. The molecule has 1 aromatic carbocycles. The van der Waals surface area contributed by atoms with Crippen LogP contribution in [0.4, 0.5) is 17.2 Å². The third-order valence-electron chi connectivity index (χ3n) is 2.58. The lowest BCUT2D eigenvalue weighted by Gasteiger charge is -2.09. The minimum absolute atomic E-state index is 0.0310. The number of hydrogen-bond donors (Lipinski definition) is 3. The number of nitrogens with one attached hydrogen (secondary N) is 2. The lowest BCUT2D eigenvalue weighted by molar-refractivity contribution is -0.384. The fraction of sp³-hybridized carbons (Fsp3) is 0. The molecule has 8 nitrogen and oxygen atoms in total. The van der Waals surface area contributed by atoms with Crippen LogP contribution in [0.3, 0.4) is 0 Å². The Hall–Kier alpha value is -2.71. The number of halogens is 1. The van der Waals surface area contributed by atoms with Crippen molar-refractivity contribution >= 4 is 34.7 Å². The Kier molecular flexibility index (Phi) is 4.31. The summed E-state index contributed by atoms with van der Waals surface area (Å²) in [5.74, 6) is 4.98. The molecule has 2 aromatic rings. The van der Waals surface area contributed by atoms with E-state index in [1.54, 1.807) is 6.07 Å². The number of anilines is 2. The summed E-state index contributed by atoms with van der Waals surface area (Å²) in [6, 6.07) is 6.78. The van der Waals surface area contributed by atoms with Crippen LogP contribution in [-0.2, 0) is 0 Å². The molecule has 4 N–H and O–H groups in total. The number of carbonyl (C=O) groups is 1. The summed E-state index contributed by atoms with van der Waals surface area (Å²) in [5, 5.41) is 13.7. The van der Waals surface area contributed by atoms with E-state index in [2.05, 4.69) is 15.7 Å². The summed E-state index contributed by atoms with van der Waals surface area (Å²) in [6.45, 7) is 0. The monoisotopic (exact) mass is 307 g/mol. The molecule has 0 spiro atoms. The molecule has 0 atom stereocenters. The maximum absolute atomic E-state index is 12.2. The van der Waals surface area contributed by atoms with Gasteiger partial charge in [-0.1, -0.05) is 11.6 Å². The average Bonchev–Trinajstić information content (AvgIpc) is 2.48. The molecule has 0 radical (unpaired) electrons. The molecule has 2 rings (SSSR count). The number of nitro groups is 1. The molecule has 0 aliphatic heterocycles. The molecule has 0 saturated carbocycles. The number of hydrogen-bond acceptors (Lipinski definition) is 6. The molecule has 21 heavy (non-hydrogen) atoms. The first kappa shape index (κ1) is 14.7. The molecule has 108 valence electrons. The zero-order valence-corrected chi connectivity index (χ0v) is 11.3. The molecule has 0 aliphatic carbocycles. The zero-order chi connectivity index (χ0) is 15.4. The van der Waals surface area contributed by atoms with Gasteiger partial charge in [-0.15, -0.1) is 0 Å². The third kappa shape index (κ3) is 3.44. The van der Waals surface area contributed by atoms with E-state index >= 15 is 0 Å². The fourth-order valence-electron chi connectivity index (χ4n) is 1.59. The first-order valence-corrected chi connectivity index (χ1v) is 6.07. The second-order valence-corrected chi connectivity index (χ2v) is 4.38. The second-order valence-electron chi connectivity index (χ2n) is 3.95. The van der Waals surface area contributed by atoms with Crippen LogP contribution >= 0.6 is 11.6 Å². The van der Waals surface area contributed by atoms with Crippen molar-refractivity contribution < 1.29 is 9.72 Å². The fourth-order valence-corrected chi connectivity index (χ4v) is 1.70. The molecule has 1 amide bonds. The van der Waals surface area contributed by atoms with Gasteiger partial charge in [-0.2, -0.15) is 0 Å². The Bertz CT molecular complexity index is 690. The van der Waals surface area contributed by atoms with Gasteiger partial charge in [0.15, 0.2) is 0 Å². The molecule has 0 bridgehead atoms. The van der Waals surface area contributed by atoms with Crippen LogP contribution in [0.1, 0.15) is 10.4 Å². The van der Waals surface area contributed by atoms with Gasteiger partial charge < -0.3 is 10.7 Å². The minimum atomic E-state index is -0.600. The molecular formula is C12H10ClN5O3. The zero-order valence-electron chi connectivity index (χ0n) is 10.5. The lowest BCUT2D eigenvalue weighted by Crippen LogP contribution is -2.18. The summed E-state index contributed by atoms with van der Waals surface area (Å²) in [5.41, 5.74) is 2.38. The Morgan fingerprint density at radius 1 is 1.33 bits per heavy atom. The number of nitrogens with two attached hydrogens (primary N) is 1.